The first-order valence-electron chi connectivity index (χ1n) is 25.5. The first-order valence-corrected chi connectivity index (χ1v) is 27.1. The van der Waals surface area contributed by atoms with Crippen LogP contribution >= 0.6 is 0 Å². The third kappa shape index (κ3) is 26.2. The zero-order chi connectivity index (χ0) is 56.5. The number of non-ortho nitro benzene ring substituents is 2. The minimum Gasteiger partial charge on any atom is -0.354 e. The quantitative estimate of drug-likeness (QED) is 0.0594. The third-order valence-electron chi connectivity index (χ3n) is 8.13. The molecule has 0 aliphatic rings. The molecule has 6 aromatic heterocycles. The van der Waals surface area contributed by atoms with E-state index in [0.717, 1.165) is 23.1 Å². The van der Waals surface area contributed by atoms with Crippen LogP contribution < -0.4 is 11.1 Å². The van der Waals surface area contributed by atoms with Gasteiger partial charge in [0.05, 0.1) is 54.2 Å². The van der Waals surface area contributed by atoms with Gasteiger partial charge in [-0.1, -0.05) is 176 Å². The van der Waals surface area contributed by atoms with E-state index in [0.29, 0.717) is 52.0 Å². The van der Waals surface area contributed by atoms with Crippen molar-refractivity contribution in [3.63, 3.8) is 0 Å². The molecule has 0 bridgehead atoms. The molecule has 78 heavy (non-hydrogen) atoms. The summed E-state index contributed by atoms with van der Waals surface area (Å²) in [6.45, 7) is 37.3. The first kappa shape index (κ1) is 87.5. The molecule has 0 saturated heterocycles. The first-order chi connectivity index (χ1) is 35.6. The second-order valence-electron chi connectivity index (χ2n) is 12.0. The average molecular weight is 1100 g/mol. The molecule has 20 heteroatoms. The minimum atomic E-state index is -1.33. The van der Waals surface area contributed by atoms with Crippen LogP contribution in [0.2, 0.25) is 0 Å². The van der Waals surface area contributed by atoms with Crippen LogP contribution in [0.4, 0.5) is 17.3 Å². The Bertz CT molecular complexity index is 2760. The number of nitrogens with one attached hydrogen (secondary N) is 1. The Morgan fingerprint density at radius 2 is 0.910 bits per heavy atom. The van der Waals surface area contributed by atoms with Gasteiger partial charge in [-0.25, -0.2) is 29.0 Å². The number of anilines is 1. The SMILES string of the molecule is C.C.C.CC.CC.CC.CC.CC.CC.CC.CC.CCN.CCNc1nccc(-c2c(-c3cccc([N+](=O)[O-])c3)nn3ccccc23)n1.CS(=O)c1nccc(-c2c(-c3cccc([N+](=O)[O-])c3)nn3ccccc23)n1.[B].[B]. The van der Waals surface area contributed by atoms with Gasteiger partial charge in [0.25, 0.3) is 11.4 Å². The molecule has 0 amide bonds. The van der Waals surface area contributed by atoms with E-state index in [9.17, 15) is 24.4 Å². The second kappa shape index (κ2) is 53.2. The molecule has 0 aliphatic heterocycles. The van der Waals surface area contributed by atoms with Crippen molar-refractivity contribution in [1.29, 1.82) is 0 Å². The van der Waals surface area contributed by atoms with Crippen LogP contribution in [0.5, 0.6) is 0 Å². The maximum absolute atomic E-state index is 11.8. The molecule has 3 N–H and O–H groups in total. The van der Waals surface area contributed by atoms with Crippen molar-refractivity contribution in [3.05, 3.63) is 142 Å². The van der Waals surface area contributed by atoms with E-state index < -0.39 is 20.6 Å². The van der Waals surface area contributed by atoms with Gasteiger partial charge in [0, 0.05) is 89.8 Å². The number of nitro groups is 2. The molecule has 0 spiro atoms. The molecule has 0 fully saturated rings. The number of hydrogen-bond acceptors (Lipinski definition) is 13. The lowest BCUT2D eigenvalue weighted by molar-refractivity contribution is -0.385. The Labute approximate surface area is 476 Å². The molecular formula is C58H96B2N12O5S. The number of nitro benzene ring substituents is 2. The number of hydrogen-bond donors (Lipinski definition) is 2. The summed E-state index contributed by atoms with van der Waals surface area (Å²) in [7, 11) is -1.33. The zero-order valence-electron chi connectivity index (χ0n) is 48.1. The van der Waals surface area contributed by atoms with Gasteiger partial charge in [-0.15, -0.1) is 0 Å². The lowest BCUT2D eigenvalue weighted by atomic mass is 10.0. The van der Waals surface area contributed by atoms with Crippen LogP contribution in [-0.4, -0.2) is 89.4 Å². The van der Waals surface area contributed by atoms with Crippen molar-refractivity contribution in [1.82, 2.24) is 39.2 Å². The van der Waals surface area contributed by atoms with Crippen molar-refractivity contribution in [2.45, 2.75) is 152 Å². The number of nitrogens with zero attached hydrogens (tertiary/aromatic N) is 10. The van der Waals surface area contributed by atoms with Crippen molar-refractivity contribution in [2.75, 3.05) is 24.7 Å². The van der Waals surface area contributed by atoms with Crippen LogP contribution in [0.15, 0.2) is 127 Å². The van der Waals surface area contributed by atoms with Gasteiger partial charge >= 0.3 is 0 Å². The van der Waals surface area contributed by atoms with Gasteiger partial charge in [-0.3, -0.25) is 24.4 Å². The molecule has 6 radical (unpaired) electrons. The number of benzene rings is 2. The Morgan fingerprint density at radius 1 is 0.551 bits per heavy atom. The second-order valence-corrected chi connectivity index (χ2v) is 13.3. The predicted octanol–water partition coefficient (Wildman–Crippen LogP) is 16.2. The molecule has 0 aliphatic carbocycles. The van der Waals surface area contributed by atoms with Crippen LogP contribution in [-0.2, 0) is 10.8 Å². The van der Waals surface area contributed by atoms with Gasteiger partial charge in [-0.05, 0) is 49.9 Å². The lowest BCUT2D eigenvalue weighted by Crippen LogP contribution is -2.02. The van der Waals surface area contributed by atoms with Gasteiger partial charge in [0.2, 0.25) is 11.1 Å². The molecule has 1 unspecified atom stereocenters. The lowest BCUT2D eigenvalue weighted by Gasteiger charge is -2.06. The summed E-state index contributed by atoms with van der Waals surface area (Å²) in [5.41, 5.74) is 11.7. The van der Waals surface area contributed by atoms with E-state index in [1.165, 1.54) is 30.5 Å². The number of pyridine rings is 2. The predicted molar refractivity (Wildman–Crippen MR) is 340 cm³/mol. The van der Waals surface area contributed by atoms with Gasteiger partial charge in [0.1, 0.15) is 11.4 Å². The van der Waals surface area contributed by atoms with Gasteiger partial charge < -0.3 is 11.1 Å². The third-order valence-corrected chi connectivity index (χ3v) is 8.85. The fourth-order valence-electron chi connectivity index (χ4n) is 5.80. The standard InChI is InChI=1S/C19H16N6O2.C18H13N5O3S.C2H7N.8C2H6.3CH4.2B/c1-2-20-19-21-10-9-15(22-19)17-16-8-3-4-11-24(16)23-18(17)13-6-5-7-14(12-13)25(26)27;1-27(26)18-19-9-8-14(20-18)16-15-7-2-3-10-22(15)21-17(16)12-5-4-6-13(11-12)23(24)25;1-2-3;8*1-2;;;;;/h3-12H,2H2,1H3,(H,20,21,22);2-11H,1H3;2-3H2,1H3;8*1-2H3;3*1H4;;. The Kier molecular flexibility index (Phi) is 59.7. The highest BCUT2D eigenvalue weighted by atomic mass is 32.2. The topological polar surface area (TPSA) is 228 Å². The number of aromatic nitrogens is 8. The molecule has 17 nitrogen and oxygen atoms in total. The van der Waals surface area contributed by atoms with E-state index in [2.05, 4.69) is 35.5 Å². The van der Waals surface area contributed by atoms with Gasteiger partial charge in [0.15, 0.2) is 0 Å². The summed E-state index contributed by atoms with van der Waals surface area (Å²) in [5, 5.41) is 34.9. The summed E-state index contributed by atoms with van der Waals surface area (Å²) < 4.78 is 15.2. The van der Waals surface area contributed by atoms with Crippen LogP contribution in [0, 0.1) is 20.2 Å². The zero-order valence-corrected chi connectivity index (χ0v) is 48.9. The Morgan fingerprint density at radius 3 is 1.26 bits per heavy atom. The molecular weight excluding hydrogens is 998 g/mol. The van der Waals surface area contributed by atoms with E-state index in [1.54, 1.807) is 51.9 Å². The normalized spacial score (nSPS) is 8.82. The highest BCUT2D eigenvalue weighted by Crippen LogP contribution is 2.37. The number of rotatable bonds is 9. The molecule has 6 heterocycles. The maximum Gasteiger partial charge on any atom is 0.270 e. The largest absolute Gasteiger partial charge is 0.354 e. The van der Waals surface area contributed by atoms with Crippen molar-refractivity contribution in [2.24, 2.45) is 5.73 Å². The van der Waals surface area contributed by atoms with E-state index in [-0.39, 0.29) is 55.6 Å². The number of nitrogens with two attached hydrogens (primary N) is 1. The summed E-state index contributed by atoms with van der Waals surface area (Å²) in [6.07, 6.45) is 8.37. The van der Waals surface area contributed by atoms with Crippen molar-refractivity contribution in [3.8, 4) is 45.0 Å². The smallest absolute Gasteiger partial charge is 0.270 e. The van der Waals surface area contributed by atoms with E-state index in [1.807, 2.05) is 179 Å². The Hall–Kier alpha value is -7.18. The highest BCUT2D eigenvalue weighted by molar-refractivity contribution is 7.84. The monoisotopic (exact) mass is 1090 g/mol. The average Bonchev–Trinajstić information content (AvgIpc) is 4.06. The highest BCUT2D eigenvalue weighted by Gasteiger charge is 2.21. The van der Waals surface area contributed by atoms with Crippen LogP contribution in [0.25, 0.3) is 56.1 Å². The molecule has 2 aromatic carbocycles. The molecule has 8 aromatic rings. The van der Waals surface area contributed by atoms with Gasteiger partial charge in [-0.2, -0.15) is 10.2 Å². The molecule has 0 saturated carbocycles. The van der Waals surface area contributed by atoms with Crippen LogP contribution in [0.3, 0.4) is 0 Å². The van der Waals surface area contributed by atoms with E-state index in [4.69, 9.17) is 5.73 Å². The number of fused-ring (bicyclic) bond motifs is 2. The minimum absolute atomic E-state index is 0. The fourth-order valence-corrected chi connectivity index (χ4v) is 6.24. The van der Waals surface area contributed by atoms with Crippen LogP contribution in [0.1, 0.15) is 147 Å². The van der Waals surface area contributed by atoms with Crippen molar-refractivity contribution >= 4 is 56.0 Å². The summed E-state index contributed by atoms with van der Waals surface area (Å²) in [4.78, 5) is 38.7. The molecule has 8 rings (SSSR count). The van der Waals surface area contributed by atoms with Crippen molar-refractivity contribution < 1.29 is 14.1 Å². The maximum atomic E-state index is 11.8. The summed E-state index contributed by atoms with van der Waals surface area (Å²) in [5.74, 6) is 0.523. The molecule has 1 atom stereocenters. The summed E-state index contributed by atoms with van der Waals surface area (Å²) in [6, 6.07) is 27.6. The Balaban J connectivity index is -0.000000153. The summed E-state index contributed by atoms with van der Waals surface area (Å²) >= 11 is 0. The fraction of sp³-hybridized carbons (Fsp3) is 0.414. The van der Waals surface area contributed by atoms with E-state index >= 15 is 0 Å². The molecule has 430 valence electrons.